The first-order valence-corrected chi connectivity index (χ1v) is 13.8. The standard InChI is InChI=1S/C37H25N5/c1-2-10-26(11-3-1)27-18-20-28(21-19-27)35-40-36(31-14-8-12-29(24-31)33-16-4-6-22-38-33)42-37(41-35)32-15-9-13-30(25-32)34-17-5-7-23-39-34/h1-25H. The van der Waals surface area contributed by atoms with Crippen LogP contribution in [0.2, 0.25) is 0 Å². The summed E-state index contributed by atoms with van der Waals surface area (Å²) in [7, 11) is 0. The number of benzene rings is 4. The highest BCUT2D eigenvalue weighted by molar-refractivity contribution is 5.74. The Hall–Kier alpha value is -5.81. The molecule has 0 aliphatic carbocycles. The van der Waals surface area contributed by atoms with E-state index in [1.165, 1.54) is 5.56 Å². The fraction of sp³-hybridized carbons (Fsp3) is 0. The monoisotopic (exact) mass is 539 g/mol. The van der Waals surface area contributed by atoms with Gasteiger partial charge in [0.1, 0.15) is 0 Å². The molecular weight excluding hydrogens is 514 g/mol. The van der Waals surface area contributed by atoms with Gasteiger partial charge in [-0.05, 0) is 47.5 Å². The van der Waals surface area contributed by atoms with Crippen molar-refractivity contribution in [3.05, 3.63) is 152 Å². The van der Waals surface area contributed by atoms with Crippen LogP contribution in [0.1, 0.15) is 0 Å². The highest BCUT2D eigenvalue weighted by Gasteiger charge is 2.14. The molecule has 5 nitrogen and oxygen atoms in total. The van der Waals surface area contributed by atoms with Gasteiger partial charge in [0.05, 0.1) is 11.4 Å². The molecule has 3 heterocycles. The van der Waals surface area contributed by atoms with Gasteiger partial charge < -0.3 is 0 Å². The maximum Gasteiger partial charge on any atom is 0.164 e. The van der Waals surface area contributed by atoms with Crippen LogP contribution in [0, 0.1) is 0 Å². The van der Waals surface area contributed by atoms with E-state index in [-0.39, 0.29) is 0 Å². The summed E-state index contributed by atoms with van der Waals surface area (Å²) in [5, 5.41) is 0. The molecule has 0 saturated carbocycles. The normalized spacial score (nSPS) is 10.9. The molecule has 7 aromatic rings. The molecule has 42 heavy (non-hydrogen) atoms. The van der Waals surface area contributed by atoms with Gasteiger partial charge in [-0.2, -0.15) is 0 Å². The highest BCUT2D eigenvalue weighted by Crippen LogP contribution is 2.30. The van der Waals surface area contributed by atoms with Gasteiger partial charge in [0, 0.05) is 40.2 Å². The van der Waals surface area contributed by atoms with Crippen LogP contribution in [0.4, 0.5) is 0 Å². The summed E-state index contributed by atoms with van der Waals surface area (Å²) >= 11 is 0. The molecule has 0 unspecified atom stereocenters. The lowest BCUT2D eigenvalue weighted by Gasteiger charge is -2.11. The lowest BCUT2D eigenvalue weighted by molar-refractivity contribution is 1.07. The summed E-state index contributed by atoms with van der Waals surface area (Å²) in [4.78, 5) is 23.9. The van der Waals surface area contributed by atoms with E-state index in [1.807, 2.05) is 91.0 Å². The van der Waals surface area contributed by atoms with Gasteiger partial charge in [0.25, 0.3) is 0 Å². The van der Waals surface area contributed by atoms with Crippen molar-refractivity contribution in [1.82, 2.24) is 24.9 Å². The molecule has 0 amide bonds. The van der Waals surface area contributed by atoms with Crippen molar-refractivity contribution in [3.63, 3.8) is 0 Å². The van der Waals surface area contributed by atoms with Crippen molar-refractivity contribution >= 4 is 0 Å². The molecular formula is C37H25N5. The van der Waals surface area contributed by atoms with E-state index in [9.17, 15) is 0 Å². The van der Waals surface area contributed by atoms with Crippen molar-refractivity contribution in [2.75, 3.05) is 0 Å². The third kappa shape index (κ3) is 5.31. The van der Waals surface area contributed by atoms with Gasteiger partial charge in [-0.1, -0.05) is 103 Å². The number of hydrogen-bond donors (Lipinski definition) is 0. The van der Waals surface area contributed by atoms with Gasteiger partial charge in [0.15, 0.2) is 17.5 Å². The van der Waals surface area contributed by atoms with Crippen molar-refractivity contribution in [2.24, 2.45) is 0 Å². The molecule has 4 aromatic carbocycles. The zero-order valence-corrected chi connectivity index (χ0v) is 22.7. The van der Waals surface area contributed by atoms with E-state index in [0.29, 0.717) is 17.5 Å². The van der Waals surface area contributed by atoms with Crippen molar-refractivity contribution < 1.29 is 0 Å². The van der Waals surface area contributed by atoms with Crippen LogP contribution in [0.15, 0.2) is 152 Å². The summed E-state index contributed by atoms with van der Waals surface area (Å²) in [6, 6.07) is 46.8. The van der Waals surface area contributed by atoms with Gasteiger partial charge >= 0.3 is 0 Å². The van der Waals surface area contributed by atoms with Crippen LogP contribution in [0.25, 0.3) is 67.8 Å². The Balaban J connectivity index is 1.35. The second-order valence-corrected chi connectivity index (χ2v) is 9.84. The predicted octanol–water partition coefficient (Wildman–Crippen LogP) is 8.66. The van der Waals surface area contributed by atoms with Crippen LogP contribution in [-0.4, -0.2) is 24.9 Å². The van der Waals surface area contributed by atoms with E-state index in [0.717, 1.165) is 44.8 Å². The maximum absolute atomic E-state index is 4.97. The van der Waals surface area contributed by atoms with Crippen LogP contribution >= 0.6 is 0 Å². The topological polar surface area (TPSA) is 64.5 Å². The Morgan fingerprint density at radius 2 is 0.690 bits per heavy atom. The van der Waals surface area contributed by atoms with Crippen molar-refractivity contribution in [1.29, 1.82) is 0 Å². The van der Waals surface area contributed by atoms with Crippen LogP contribution in [0.3, 0.4) is 0 Å². The van der Waals surface area contributed by atoms with Gasteiger partial charge in [0.2, 0.25) is 0 Å². The Kier molecular flexibility index (Phi) is 6.81. The highest BCUT2D eigenvalue weighted by atomic mass is 15.0. The second-order valence-electron chi connectivity index (χ2n) is 9.84. The molecule has 0 aliphatic heterocycles. The average molecular weight is 540 g/mol. The molecule has 198 valence electrons. The zero-order chi connectivity index (χ0) is 28.1. The number of nitrogens with zero attached hydrogens (tertiary/aromatic N) is 5. The fourth-order valence-electron chi connectivity index (χ4n) is 4.91. The van der Waals surface area contributed by atoms with Crippen molar-refractivity contribution in [3.8, 4) is 67.8 Å². The molecule has 0 aliphatic rings. The van der Waals surface area contributed by atoms with Gasteiger partial charge in [-0.3, -0.25) is 9.97 Å². The number of rotatable bonds is 6. The Bertz CT molecular complexity index is 1860. The Morgan fingerprint density at radius 3 is 1.19 bits per heavy atom. The lowest BCUT2D eigenvalue weighted by atomic mass is 10.0. The minimum atomic E-state index is 0.600. The first-order valence-electron chi connectivity index (χ1n) is 13.8. The third-order valence-corrected chi connectivity index (χ3v) is 7.05. The Labute approximate surface area is 244 Å². The molecule has 0 N–H and O–H groups in total. The maximum atomic E-state index is 4.97. The predicted molar refractivity (Wildman–Crippen MR) is 168 cm³/mol. The number of aromatic nitrogens is 5. The smallest absolute Gasteiger partial charge is 0.164 e. The SMILES string of the molecule is c1ccc(-c2ccc(-c3nc(-c4cccc(-c5ccccn5)c4)nc(-c4cccc(-c5ccccn5)c4)n3)cc2)cc1. The number of hydrogen-bond acceptors (Lipinski definition) is 5. The summed E-state index contributed by atoms with van der Waals surface area (Å²) in [6.45, 7) is 0. The quantitative estimate of drug-likeness (QED) is 0.212. The largest absolute Gasteiger partial charge is 0.256 e. The fourth-order valence-corrected chi connectivity index (χ4v) is 4.91. The second kappa shape index (κ2) is 11.4. The lowest BCUT2D eigenvalue weighted by Crippen LogP contribution is -2.00. The zero-order valence-electron chi connectivity index (χ0n) is 22.7. The molecule has 0 saturated heterocycles. The van der Waals surface area contributed by atoms with E-state index >= 15 is 0 Å². The van der Waals surface area contributed by atoms with Crippen LogP contribution in [0.5, 0.6) is 0 Å². The minimum absolute atomic E-state index is 0.600. The summed E-state index contributed by atoms with van der Waals surface area (Å²) < 4.78 is 0. The number of pyridine rings is 2. The molecule has 0 atom stereocenters. The summed E-state index contributed by atoms with van der Waals surface area (Å²) in [5.74, 6) is 1.81. The molecule has 5 heteroatoms. The molecule has 0 fully saturated rings. The first-order chi connectivity index (χ1) is 20.8. The summed E-state index contributed by atoms with van der Waals surface area (Å²) in [5.41, 5.74) is 8.80. The van der Waals surface area contributed by atoms with E-state index in [4.69, 9.17) is 15.0 Å². The first kappa shape index (κ1) is 25.2. The van der Waals surface area contributed by atoms with Crippen molar-refractivity contribution in [2.45, 2.75) is 0 Å². The van der Waals surface area contributed by atoms with E-state index in [2.05, 4.69) is 58.5 Å². The van der Waals surface area contributed by atoms with Crippen LogP contribution < -0.4 is 0 Å². The minimum Gasteiger partial charge on any atom is -0.256 e. The van der Waals surface area contributed by atoms with Gasteiger partial charge in [-0.15, -0.1) is 0 Å². The molecule has 3 aromatic heterocycles. The average Bonchev–Trinajstić information content (AvgIpc) is 3.09. The van der Waals surface area contributed by atoms with E-state index < -0.39 is 0 Å². The Morgan fingerprint density at radius 1 is 0.286 bits per heavy atom. The third-order valence-electron chi connectivity index (χ3n) is 7.05. The van der Waals surface area contributed by atoms with Crippen LogP contribution in [-0.2, 0) is 0 Å². The molecule has 0 radical (unpaired) electrons. The van der Waals surface area contributed by atoms with Gasteiger partial charge in [-0.25, -0.2) is 15.0 Å². The molecule has 0 spiro atoms. The molecule has 7 rings (SSSR count). The van der Waals surface area contributed by atoms with E-state index in [1.54, 1.807) is 12.4 Å². The summed E-state index contributed by atoms with van der Waals surface area (Å²) in [6.07, 6.45) is 3.60. The molecule has 0 bridgehead atoms.